The predicted molar refractivity (Wildman–Crippen MR) is 76.3 cm³/mol. The average molecular weight is 333 g/mol. The van der Waals surface area contributed by atoms with Crippen molar-refractivity contribution in [2.24, 2.45) is 0 Å². The lowest BCUT2D eigenvalue weighted by Gasteiger charge is -2.09. The second kappa shape index (κ2) is 6.17. The van der Waals surface area contributed by atoms with Gasteiger partial charge in [0.1, 0.15) is 16.8 Å². The summed E-state index contributed by atoms with van der Waals surface area (Å²) in [4.78, 5) is 10.3. The Balaban J connectivity index is 2.22. The number of nitro benzene ring substituents is 1. The van der Waals surface area contributed by atoms with Gasteiger partial charge in [0.15, 0.2) is 0 Å². The van der Waals surface area contributed by atoms with Crippen molar-refractivity contribution in [3.8, 4) is 11.8 Å². The van der Waals surface area contributed by atoms with E-state index in [0.717, 1.165) is 5.56 Å². The van der Waals surface area contributed by atoms with Crippen molar-refractivity contribution in [2.45, 2.75) is 6.61 Å². The van der Waals surface area contributed by atoms with Crippen LogP contribution in [0.3, 0.4) is 0 Å². The number of benzene rings is 2. The summed E-state index contributed by atoms with van der Waals surface area (Å²) in [7, 11) is 0. The summed E-state index contributed by atoms with van der Waals surface area (Å²) in [5, 5.41) is 19.8. The summed E-state index contributed by atoms with van der Waals surface area (Å²) in [6, 6.07) is 13.7. The van der Waals surface area contributed by atoms with E-state index < -0.39 is 4.92 Å². The number of halogens is 1. The highest BCUT2D eigenvalue weighted by Gasteiger charge is 2.16. The van der Waals surface area contributed by atoms with Gasteiger partial charge in [0.25, 0.3) is 5.69 Å². The third kappa shape index (κ3) is 2.95. The predicted octanol–water partition coefficient (Wildman–Crippen LogP) is 3.81. The normalized spacial score (nSPS) is 9.80. The molecule has 0 N–H and O–H groups in total. The van der Waals surface area contributed by atoms with Gasteiger partial charge in [-0.05, 0) is 28.1 Å². The zero-order chi connectivity index (χ0) is 14.5. The molecular weight excluding hydrogens is 324 g/mol. The van der Waals surface area contributed by atoms with Gasteiger partial charge >= 0.3 is 0 Å². The number of hydrogen-bond acceptors (Lipinski definition) is 4. The van der Waals surface area contributed by atoms with Gasteiger partial charge in [-0.2, -0.15) is 5.26 Å². The highest BCUT2D eigenvalue weighted by atomic mass is 79.9. The summed E-state index contributed by atoms with van der Waals surface area (Å²) in [5.74, 6) is 0.368. The first kappa shape index (κ1) is 14.0. The fourth-order valence-electron chi connectivity index (χ4n) is 1.66. The fourth-order valence-corrected chi connectivity index (χ4v) is 2.19. The largest absolute Gasteiger partial charge is 0.487 e. The number of hydrogen-bond donors (Lipinski definition) is 0. The van der Waals surface area contributed by atoms with Crippen molar-refractivity contribution >= 4 is 21.6 Å². The van der Waals surface area contributed by atoms with E-state index in [9.17, 15) is 10.1 Å². The van der Waals surface area contributed by atoms with Gasteiger partial charge in [0.2, 0.25) is 0 Å². The summed E-state index contributed by atoms with van der Waals surface area (Å²) >= 11 is 3.16. The van der Waals surface area contributed by atoms with Gasteiger partial charge in [-0.3, -0.25) is 10.1 Å². The summed E-state index contributed by atoms with van der Waals surface area (Å²) in [6.07, 6.45) is 0. The first-order valence-electron chi connectivity index (χ1n) is 5.67. The third-order valence-corrected chi connectivity index (χ3v) is 3.46. The molecule has 20 heavy (non-hydrogen) atoms. The van der Waals surface area contributed by atoms with Gasteiger partial charge in [0.05, 0.1) is 16.6 Å². The number of nitrogens with zero attached hydrogens (tertiary/aromatic N) is 2. The van der Waals surface area contributed by atoms with E-state index in [1.54, 1.807) is 30.3 Å². The highest BCUT2D eigenvalue weighted by Crippen LogP contribution is 2.34. The van der Waals surface area contributed by atoms with E-state index in [0.29, 0.717) is 15.8 Å². The number of ether oxygens (including phenoxy) is 1. The zero-order valence-electron chi connectivity index (χ0n) is 10.2. The monoisotopic (exact) mass is 332 g/mol. The molecular formula is C14H9BrN2O3. The van der Waals surface area contributed by atoms with Crippen LogP contribution in [0.25, 0.3) is 0 Å². The first-order chi connectivity index (χ1) is 9.63. The smallest absolute Gasteiger partial charge is 0.287 e. The van der Waals surface area contributed by atoms with E-state index >= 15 is 0 Å². The molecule has 6 heteroatoms. The third-order valence-electron chi connectivity index (χ3n) is 2.66. The van der Waals surface area contributed by atoms with Gasteiger partial charge in [0, 0.05) is 11.6 Å². The molecule has 2 aromatic carbocycles. The molecule has 0 aliphatic rings. The van der Waals surface area contributed by atoms with Crippen LogP contribution in [0.5, 0.6) is 5.75 Å². The second-order valence-corrected chi connectivity index (χ2v) is 4.70. The summed E-state index contributed by atoms with van der Waals surface area (Å²) in [5.41, 5.74) is 1.19. The topological polar surface area (TPSA) is 76.2 Å². The number of nitriles is 1. The maximum absolute atomic E-state index is 10.8. The maximum Gasteiger partial charge on any atom is 0.287 e. The van der Waals surface area contributed by atoms with E-state index in [1.807, 2.05) is 6.07 Å². The van der Waals surface area contributed by atoms with E-state index in [4.69, 9.17) is 10.00 Å². The molecule has 2 aromatic rings. The van der Waals surface area contributed by atoms with Gasteiger partial charge in [-0.1, -0.05) is 24.3 Å². The molecule has 2 rings (SSSR count). The van der Waals surface area contributed by atoms with Crippen molar-refractivity contribution in [3.63, 3.8) is 0 Å². The minimum atomic E-state index is -0.486. The van der Waals surface area contributed by atoms with Gasteiger partial charge in [-0.15, -0.1) is 0 Å². The van der Waals surface area contributed by atoms with Gasteiger partial charge < -0.3 is 4.74 Å². The molecule has 0 bridgehead atoms. The standard InChI is InChI=1S/C14H9BrN2O3/c15-14-12(17(18)19)6-3-7-13(14)20-9-11-5-2-1-4-10(11)8-16/h1-7H,9H2. The summed E-state index contributed by atoms with van der Waals surface area (Å²) in [6.45, 7) is 0.170. The SMILES string of the molecule is N#Cc1ccccc1COc1cccc([N+](=O)[O-])c1Br. The molecule has 100 valence electrons. The van der Waals surface area contributed by atoms with Crippen LogP contribution in [-0.2, 0) is 6.61 Å². The Kier molecular flexibility index (Phi) is 4.33. The van der Waals surface area contributed by atoms with Crippen molar-refractivity contribution in [1.29, 1.82) is 5.26 Å². The van der Waals surface area contributed by atoms with Crippen LogP contribution in [-0.4, -0.2) is 4.92 Å². The maximum atomic E-state index is 10.8. The van der Waals surface area contributed by atoms with Crippen LogP contribution in [0.4, 0.5) is 5.69 Å². The summed E-state index contributed by atoms with van der Waals surface area (Å²) < 4.78 is 5.84. The first-order valence-corrected chi connectivity index (χ1v) is 6.46. The number of rotatable bonds is 4. The molecule has 0 aliphatic carbocycles. The molecule has 0 unspecified atom stereocenters. The van der Waals surface area contributed by atoms with Crippen molar-refractivity contribution < 1.29 is 9.66 Å². The minimum Gasteiger partial charge on any atom is -0.487 e. The fraction of sp³-hybridized carbons (Fsp3) is 0.0714. The molecule has 0 aliphatic heterocycles. The lowest BCUT2D eigenvalue weighted by Crippen LogP contribution is -1.99. The van der Waals surface area contributed by atoms with Crippen LogP contribution in [0.1, 0.15) is 11.1 Å². The number of nitro groups is 1. The lowest BCUT2D eigenvalue weighted by molar-refractivity contribution is -0.385. The van der Waals surface area contributed by atoms with E-state index in [2.05, 4.69) is 22.0 Å². The molecule has 0 atom stereocenters. The molecule has 0 saturated heterocycles. The van der Waals surface area contributed by atoms with Crippen LogP contribution in [0.15, 0.2) is 46.9 Å². The van der Waals surface area contributed by atoms with E-state index in [1.165, 1.54) is 6.07 Å². The molecule has 0 radical (unpaired) electrons. The Morgan fingerprint density at radius 1 is 1.25 bits per heavy atom. The molecule has 0 heterocycles. The molecule has 0 saturated carbocycles. The quantitative estimate of drug-likeness (QED) is 0.630. The van der Waals surface area contributed by atoms with E-state index in [-0.39, 0.29) is 12.3 Å². The molecule has 0 amide bonds. The molecule has 0 spiro atoms. The lowest BCUT2D eigenvalue weighted by atomic mass is 10.1. The Morgan fingerprint density at radius 2 is 2.00 bits per heavy atom. The highest BCUT2D eigenvalue weighted by molar-refractivity contribution is 9.10. The van der Waals surface area contributed by atoms with Crippen LogP contribution in [0.2, 0.25) is 0 Å². The average Bonchev–Trinajstić information content (AvgIpc) is 2.46. The van der Waals surface area contributed by atoms with Crippen LogP contribution >= 0.6 is 15.9 Å². The van der Waals surface area contributed by atoms with Gasteiger partial charge in [-0.25, -0.2) is 0 Å². The van der Waals surface area contributed by atoms with Crippen molar-refractivity contribution in [1.82, 2.24) is 0 Å². The molecule has 5 nitrogen and oxygen atoms in total. The molecule has 0 aromatic heterocycles. The van der Waals surface area contributed by atoms with Crippen molar-refractivity contribution in [3.05, 3.63) is 68.2 Å². The van der Waals surface area contributed by atoms with Crippen LogP contribution in [0, 0.1) is 21.4 Å². The van der Waals surface area contributed by atoms with Crippen LogP contribution < -0.4 is 4.74 Å². The Bertz CT molecular complexity index is 695. The Morgan fingerprint density at radius 3 is 2.70 bits per heavy atom. The molecule has 0 fully saturated rings. The zero-order valence-corrected chi connectivity index (χ0v) is 11.8. The minimum absolute atomic E-state index is 0.0592. The second-order valence-electron chi connectivity index (χ2n) is 3.90. The van der Waals surface area contributed by atoms with Crippen molar-refractivity contribution in [2.75, 3.05) is 0 Å². The Labute approximate surface area is 123 Å². The Hall–Kier alpha value is -2.39.